The van der Waals surface area contributed by atoms with E-state index >= 15 is 0 Å². The van der Waals surface area contributed by atoms with Gasteiger partial charge in [-0.25, -0.2) is 0 Å². The van der Waals surface area contributed by atoms with Crippen molar-refractivity contribution in [1.29, 1.82) is 0 Å². The van der Waals surface area contributed by atoms with Gasteiger partial charge < -0.3 is 0 Å². The molecule has 0 aromatic heterocycles. The molecule has 0 atom stereocenters. The maximum atomic E-state index is 12.7. The monoisotopic (exact) mass is 414 g/mol. The molecule has 0 N–H and O–H groups in total. The summed E-state index contributed by atoms with van der Waals surface area (Å²) in [6.07, 6.45) is -16.4. The lowest BCUT2D eigenvalue weighted by atomic mass is 9.98. The van der Waals surface area contributed by atoms with Gasteiger partial charge in [-0.1, -0.05) is 48.5 Å². The van der Waals surface area contributed by atoms with E-state index in [4.69, 9.17) is 0 Å². The fraction of sp³-hybridized carbons (Fsp3) is 0.111. The Balaban J connectivity index is 2.38. The molecule has 0 bridgehead atoms. The van der Waals surface area contributed by atoms with Crippen LogP contribution in [0.15, 0.2) is 60.7 Å². The van der Waals surface area contributed by atoms with Crippen LogP contribution in [0.5, 0.6) is 0 Å². The Morgan fingerprint density at radius 2 is 0.714 bits per heavy atom. The van der Waals surface area contributed by atoms with Crippen molar-refractivity contribution in [2.45, 2.75) is 12.4 Å². The van der Waals surface area contributed by atoms with Crippen molar-refractivity contribution < 1.29 is 43.9 Å². The van der Waals surface area contributed by atoms with Crippen molar-refractivity contribution in [1.82, 2.24) is 0 Å². The number of rotatable bonds is 3. The number of hydrogen-bond acceptors (Lipinski definition) is 0. The third-order valence-corrected chi connectivity index (χ3v) is 3.63. The molecular formula is C18H8F10. The zero-order valence-electron chi connectivity index (χ0n) is 13.4. The molecule has 0 unspecified atom stereocenters. The highest BCUT2D eigenvalue weighted by Crippen LogP contribution is 2.39. The van der Waals surface area contributed by atoms with Gasteiger partial charge in [0.2, 0.25) is 0 Å². The van der Waals surface area contributed by atoms with Gasteiger partial charge in [-0.3, -0.25) is 0 Å². The van der Waals surface area contributed by atoms with E-state index in [0.29, 0.717) is 0 Å². The van der Waals surface area contributed by atoms with Crippen LogP contribution in [-0.2, 0) is 0 Å². The number of alkyl halides is 6. The van der Waals surface area contributed by atoms with Crippen molar-refractivity contribution in [2.75, 3.05) is 0 Å². The number of allylic oxidation sites excluding steroid dienone is 2. The highest BCUT2D eigenvalue weighted by atomic mass is 19.4. The molecule has 0 saturated carbocycles. The second kappa shape index (κ2) is 7.69. The molecule has 0 aliphatic carbocycles. The molecule has 0 aliphatic rings. The summed E-state index contributed by atoms with van der Waals surface area (Å²) in [4.78, 5) is 0. The average molecular weight is 414 g/mol. The first-order valence-corrected chi connectivity index (χ1v) is 7.28. The molecule has 0 fully saturated rings. The first kappa shape index (κ1) is 21.5. The minimum Gasteiger partial charge on any atom is -0.173 e. The molecule has 10 heteroatoms. The molecule has 0 amide bonds. The predicted octanol–water partition coefficient (Wildman–Crippen LogP) is 7.69. The van der Waals surface area contributed by atoms with Gasteiger partial charge in [-0.15, -0.1) is 0 Å². The third kappa shape index (κ3) is 4.73. The molecule has 0 radical (unpaired) electrons. The van der Waals surface area contributed by atoms with Gasteiger partial charge >= 0.3 is 12.4 Å². The molecule has 0 aliphatic heterocycles. The lowest BCUT2D eigenvalue weighted by Gasteiger charge is -2.13. The molecule has 0 heterocycles. The summed E-state index contributed by atoms with van der Waals surface area (Å²) in [5, 5.41) is 0. The Bertz CT molecular complexity index is 812. The first-order chi connectivity index (χ1) is 12.8. The van der Waals surface area contributed by atoms with Crippen LogP contribution < -0.4 is 0 Å². The Kier molecular flexibility index (Phi) is 5.91. The van der Waals surface area contributed by atoms with Gasteiger partial charge in [-0.05, 0) is 22.3 Å². The summed E-state index contributed by atoms with van der Waals surface area (Å²) in [6.45, 7) is 0. The second-order valence-corrected chi connectivity index (χ2v) is 5.42. The molecule has 2 aromatic rings. The normalized spacial score (nSPS) is 11.9. The molecule has 2 aromatic carbocycles. The van der Waals surface area contributed by atoms with Crippen LogP contribution >= 0.6 is 0 Å². The maximum absolute atomic E-state index is 12.7. The zero-order valence-corrected chi connectivity index (χ0v) is 13.4. The Hall–Kier alpha value is -2.78. The molecular weight excluding hydrogens is 406 g/mol. The van der Waals surface area contributed by atoms with E-state index in [2.05, 4.69) is 0 Å². The van der Waals surface area contributed by atoms with Gasteiger partial charge in [0.25, 0.3) is 12.2 Å². The fourth-order valence-corrected chi connectivity index (χ4v) is 2.42. The molecule has 150 valence electrons. The van der Waals surface area contributed by atoms with Crippen molar-refractivity contribution in [3.8, 4) is 11.1 Å². The lowest BCUT2D eigenvalue weighted by Crippen LogP contribution is -2.11. The minimum absolute atomic E-state index is 0.189. The highest BCUT2D eigenvalue weighted by Gasteiger charge is 2.39. The van der Waals surface area contributed by atoms with Crippen LogP contribution in [-0.4, -0.2) is 12.4 Å². The van der Waals surface area contributed by atoms with Gasteiger partial charge in [0.05, 0.1) is 0 Å². The van der Waals surface area contributed by atoms with E-state index in [-0.39, 0.29) is 11.1 Å². The van der Waals surface area contributed by atoms with Crippen molar-refractivity contribution in [3.05, 3.63) is 71.8 Å². The van der Waals surface area contributed by atoms with Crippen LogP contribution in [0.1, 0.15) is 11.1 Å². The van der Waals surface area contributed by atoms with Crippen LogP contribution in [0, 0.1) is 0 Å². The average Bonchev–Trinajstić information content (AvgIpc) is 2.53. The standard InChI is InChI=1S/C18H8F10/c19-15(20)13(17(23,24)25)11-5-1-9(2-6-11)10-3-7-12(8-4-10)14(16(21)22)18(26,27)28/h1-8H. The van der Waals surface area contributed by atoms with Crippen LogP contribution in [0.2, 0.25) is 0 Å². The summed E-state index contributed by atoms with van der Waals surface area (Å²) in [7, 11) is 0. The zero-order chi connectivity index (χ0) is 21.3. The van der Waals surface area contributed by atoms with E-state index in [1.807, 2.05) is 0 Å². The quantitative estimate of drug-likeness (QED) is 0.452. The second-order valence-electron chi connectivity index (χ2n) is 5.42. The van der Waals surface area contributed by atoms with E-state index in [9.17, 15) is 43.9 Å². The van der Waals surface area contributed by atoms with Gasteiger partial charge in [0.1, 0.15) is 11.1 Å². The maximum Gasteiger partial charge on any atom is 0.422 e. The number of benzene rings is 2. The van der Waals surface area contributed by atoms with Crippen molar-refractivity contribution >= 4 is 11.1 Å². The Morgan fingerprint density at radius 1 is 0.464 bits per heavy atom. The number of hydrogen-bond donors (Lipinski definition) is 0. The first-order valence-electron chi connectivity index (χ1n) is 7.28. The van der Waals surface area contributed by atoms with E-state index < -0.39 is 46.8 Å². The number of halogens is 10. The van der Waals surface area contributed by atoms with Gasteiger partial charge in [0.15, 0.2) is 0 Å². The van der Waals surface area contributed by atoms with Gasteiger partial charge in [-0.2, -0.15) is 43.9 Å². The topological polar surface area (TPSA) is 0 Å². The fourth-order valence-electron chi connectivity index (χ4n) is 2.42. The van der Waals surface area contributed by atoms with Crippen molar-refractivity contribution in [3.63, 3.8) is 0 Å². The summed E-state index contributed by atoms with van der Waals surface area (Å²) < 4.78 is 126. The highest BCUT2D eigenvalue weighted by molar-refractivity contribution is 5.75. The van der Waals surface area contributed by atoms with Crippen LogP contribution in [0.25, 0.3) is 22.3 Å². The largest absolute Gasteiger partial charge is 0.422 e. The summed E-state index contributed by atoms with van der Waals surface area (Å²) >= 11 is 0. The summed E-state index contributed by atoms with van der Waals surface area (Å²) in [5.41, 5.74) is -5.42. The SMILES string of the molecule is FC(F)=C(c1ccc(-c2ccc(C(=C(F)F)C(F)(F)F)cc2)cc1)C(F)(F)F. The molecule has 28 heavy (non-hydrogen) atoms. The summed E-state index contributed by atoms with van der Waals surface area (Å²) in [5.74, 6) is 0. The smallest absolute Gasteiger partial charge is 0.173 e. The molecule has 0 saturated heterocycles. The van der Waals surface area contributed by atoms with Crippen LogP contribution in [0.3, 0.4) is 0 Å². The molecule has 0 spiro atoms. The molecule has 2 rings (SSSR count). The Labute approximate surface area is 151 Å². The Morgan fingerprint density at radius 3 is 0.893 bits per heavy atom. The minimum atomic E-state index is -5.28. The third-order valence-electron chi connectivity index (χ3n) is 3.63. The lowest BCUT2D eigenvalue weighted by molar-refractivity contribution is -0.0721. The molecule has 0 nitrogen and oxygen atoms in total. The van der Waals surface area contributed by atoms with E-state index in [1.165, 1.54) is 0 Å². The van der Waals surface area contributed by atoms with Gasteiger partial charge in [0, 0.05) is 0 Å². The van der Waals surface area contributed by atoms with Crippen molar-refractivity contribution in [2.24, 2.45) is 0 Å². The summed E-state index contributed by atoms with van der Waals surface area (Å²) in [6, 6.07) is 7.29. The van der Waals surface area contributed by atoms with E-state index in [1.54, 1.807) is 0 Å². The van der Waals surface area contributed by atoms with Crippen LogP contribution in [0.4, 0.5) is 43.9 Å². The predicted molar refractivity (Wildman–Crippen MR) is 82.3 cm³/mol. The van der Waals surface area contributed by atoms with E-state index in [0.717, 1.165) is 48.5 Å².